The Bertz CT molecular complexity index is 816. The molecule has 7 heteroatoms. The minimum Gasteiger partial charge on any atom is -0.367 e. The van der Waals surface area contributed by atoms with E-state index in [9.17, 15) is 9.18 Å². The molecule has 1 aromatic carbocycles. The highest BCUT2D eigenvalue weighted by Gasteiger charge is 2.19. The van der Waals surface area contributed by atoms with Gasteiger partial charge in [0.15, 0.2) is 0 Å². The monoisotopic (exact) mass is 369 g/mol. The van der Waals surface area contributed by atoms with E-state index < -0.39 is 0 Å². The summed E-state index contributed by atoms with van der Waals surface area (Å²) in [6.07, 6.45) is 3.08. The fourth-order valence-corrected chi connectivity index (χ4v) is 3.06. The van der Waals surface area contributed by atoms with E-state index in [0.717, 1.165) is 32.7 Å². The number of amides is 1. The van der Waals surface area contributed by atoms with E-state index in [0.29, 0.717) is 22.5 Å². The van der Waals surface area contributed by atoms with E-state index in [-0.39, 0.29) is 11.7 Å². The van der Waals surface area contributed by atoms with Gasteiger partial charge in [0.2, 0.25) is 0 Å². The summed E-state index contributed by atoms with van der Waals surface area (Å²) < 4.78 is 14.6. The lowest BCUT2D eigenvalue weighted by Gasteiger charge is -2.35. The average molecular weight is 369 g/mol. The zero-order valence-corrected chi connectivity index (χ0v) is 15.7. The highest BCUT2D eigenvalue weighted by molar-refractivity contribution is 6.01. The minimum atomic E-state index is -0.331. The number of pyridine rings is 1. The van der Waals surface area contributed by atoms with Crippen LogP contribution in [0.5, 0.6) is 0 Å². The first kappa shape index (κ1) is 19.0. The maximum Gasteiger partial charge on any atom is 0.271 e. The van der Waals surface area contributed by atoms with Crippen molar-refractivity contribution in [3.8, 4) is 0 Å². The third kappa shape index (κ3) is 4.68. The largest absolute Gasteiger partial charge is 0.367 e. The van der Waals surface area contributed by atoms with Gasteiger partial charge in [-0.15, -0.1) is 0 Å². The maximum atomic E-state index is 14.6. The molecule has 0 saturated carbocycles. The van der Waals surface area contributed by atoms with E-state index in [1.54, 1.807) is 37.5 Å². The maximum absolute atomic E-state index is 14.6. The van der Waals surface area contributed by atoms with Crippen LogP contribution in [0, 0.1) is 5.82 Å². The van der Waals surface area contributed by atoms with Crippen LogP contribution in [-0.4, -0.2) is 54.2 Å². The Morgan fingerprint density at radius 2 is 1.85 bits per heavy atom. The third-order valence-electron chi connectivity index (χ3n) is 4.79. The number of hydrazone groups is 1. The lowest BCUT2D eigenvalue weighted by molar-refractivity contribution is 0.0954. The number of halogens is 1. The van der Waals surface area contributed by atoms with Crippen molar-refractivity contribution in [3.05, 3.63) is 59.7 Å². The molecular weight excluding hydrogens is 345 g/mol. The number of piperazine rings is 1. The average Bonchev–Trinajstić information content (AvgIpc) is 2.72. The molecule has 1 saturated heterocycles. The second-order valence-electron chi connectivity index (χ2n) is 6.46. The van der Waals surface area contributed by atoms with Gasteiger partial charge in [0.1, 0.15) is 5.82 Å². The molecule has 27 heavy (non-hydrogen) atoms. The van der Waals surface area contributed by atoms with Crippen molar-refractivity contribution in [2.75, 3.05) is 37.6 Å². The Morgan fingerprint density at radius 3 is 2.48 bits per heavy atom. The van der Waals surface area contributed by atoms with Gasteiger partial charge >= 0.3 is 0 Å². The van der Waals surface area contributed by atoms with E-state index in [2.05, 4.69) is 32.2 Å². The lowest BCUT2D eigenvalue weighted by atomic mass is 10.1. The highest BCUT2D eigenvalue weighted by Crippen LogP contribution is 2.22. The van der Waals surface area contributed by atoms with Crippen LogP contribution in [0.1, 0.15) is 29.8 Å². The van der Waals surface area contributed by atoms with Crippen LogP contribution in [0.2, 0.25) is 0 Å². The Morgan fingerprint density at radius 1 is 1.15 bits per heavy atom. The molecule has 142 valence electrons. The Kier molecular flexibility index (Phi) is 6.13. The number of nitrogens with one attached hydrogen (secondary N) is 1. The summed E-state index contributed by atoms with van der Waals surface area (Å²) in [6.45, 7) is 8.43. The molecule has 1 fully saturated rings. The predicted octanol–water partition coefficient (Wildman–Crippen LogP) is 2.52. The van der Waals surface area contributed by atoms with Crippen LogP contribution in [0.4, 0.5) is 10.1 Å². The van der Waals surface area contributed by atoms with Crippen molar-refractivity contribution < 1.29 is 9.18 Å². The van der Waals surface area contributed by atoms with Gasteiger partial charge in [-0.1, -0.05) is 13.0 Å². The highest BCUT2D eigenvalue weighted by atomic mass is 19.1. The topological polar surface area (TPSA) is 60.8 Å². The van der Waals surface area contributed by atoms with E-state index in [1.807, 2.05) is 6.07 Å². The van der Waals surface area contributed by atoms with Crippen molar-refractivity contribution in [2.24, 2.45) is 5.10 Å². The zero-order chi connectivity index (χ0) is 19.2. The number of hydrogen-bond acceptors (Lipinski definition) is 5. The van der Waals surface area contributed by atoms with Gasteiger partial charge < -0.3 is 9.80 Å². The number of likely N-dealkylation sites (N-methyl/N-ethyl adjacent to an activating group) is 1. The zero-order valence-electron chi connectivity index (χ0n) is 15.7. The molecule has 1 aromatic heterocycles. The van der Waals surface area contributed by atoms with Crippen LogP contribution in [0.15, 0.2) is 47.8 Å². The third-order valence-corrected chi connectivity index (χ3v) is 4.79. The van der Waals surface area contributed by atoms with Gasteiger partial charge in [0.25, 0.3) is 5.91 Å². The first-order valence-electron chi connectivity index (χ1n) is 9.10. The standard InChI is InChI=1S/C20H24FN5O/c1-3-25-10-12-26(13-11-25)19-5-4-17(14-18(19)21)15(2)23-24-20(27)16-6-8-22-9-7-16/h4-9,14H,3,10-13H2,1-2H3,(H,24,27)/b23-15-. The molecule has 1 aliphatic rings. The number of benzene rings is 1. The van der Waals surface area contributed by atoms with Crippen LogP contribution in [0.25, 0.3) is 0 Å². The molecule has 1 aliphatic heterocycles. The van der Waals surface area contributed by atoms with Crippen molar-refractivity contribution in [3.63, 3.8) is 0 Å². The molecule has 0 radical (unpaired) electrons. The summed E-state index contributed by atoms with van der Waals surface area (Å²) in [4.78, 5) is 20.3. The summed E-state index contributed by atoms with van der Waals surface area (Å²) in [5.41, 5.74) is 4.75. The van der Waals surface area contributed by atoms with Gasteiger partial charge in [0, 0.05) is 49.7 Å². The van der Waals surface area contributed by atoms with Crippen LogP contribution >= 0.6 is 0 Å². The van der Waals surface area contributed by atoms with Gasteiger partial charge in [-0.25, -0.2) is 9.82 Å². The Balaban J connectivity index is 1.66. The van der Waals surface area contributed by atoms with E-state index in [1.165, 1.54) is 6.07 Å². The number of hydrogen-bond donors (Lipinski definition) is 1. The molecule has 0 aliphatic carbocycles. The molecule has 0 bridgehead atoms. The number of aromatic nitrogens is 1. The van der Waals surface area contributed by atoms with Gasteiger partial charge in [-0.2, -0.15) is 5.10 Å². The lowest BCUT2D eigenvalue weighted by Crippen LogP contribution is -2.46. The fraction of sp³-hybridized carbons (Fsp3) is 0.350. The number of nitrogens with zero attached hydrogens (tertiary/aromatic N) is 4. The molecule has 1 N–H and O–H groups in total. The van der Waals surface area contributed by atoms with Gasteiger partial charge in [0.05, 0.1) is 11.4 Å². The van der Waals surface area contributed by atoms with Crippen LogP contribution < -0.4 is 10.3 Å². The van der Waals surface area contributed by atoms with Crippen molar-refractivity contribution in [1.82, 2.24) is 15.3 Å². The molecule has 1 amide bonds. The van der Waals surface area contributed by atoms with Crippen molar-refractivity contribution >= 4 is 17.3 Å². The summed E-state index contributed by atoms with van der Waals surface area (Å²) in [5.74, 6) is -0.602. The van der Waals surface area contributed by atoms with E-state index in [4.69, 9.17) is 0 Å². The smallest absolute Gasteiger partial charge is 0.271 e. The molecule has 0 unspecified atom stereocenters. The second kappa shape index (κ2) is 8.73. The molecular formula is C20H24FN5O. The van der Waals surface area contributed by atoms with Gasteiger partial charge in [-0.05, 0) is 37.7 Å². The second-order valence-corrected chi connectivity index (χ2v) is 6.46. The fourth-order valence-electron chi connectivity index (χ4n) is 3.06. The predicted molar refractivity (Wildman–Crippen MR) is 105 cm³/mol. The summed E-state index contributed by atoms with van der Waals surface area (Å²) in [6, 6.07) is 8.30. The molecule has 6 nitrogen and oxygen atoms in total. The first-order chi connectivity index (χ1) is 13.1. The Labute approximate surface area is 158 Å². The molecule has 2 aromatic rings. The number of rotatable bonds is 5. The number of carbonyl (C=O) groups excluding carboxylic acids is 1. The molecule has 3 rings (SSSR count). The summed E-state index contributed by atoms with van der Waals surface area (Å²) in [7, 11) is 0. The minimum absolute atomic E-state index is 0.271. The van der Waals surface area contributed by atoms with Crippen LogP contribution in [-0.2, 0) is 0 Å². The summed E-state index contributed by atoms with van der Waals surface area (Å²) >= 11 is 0. The van der Waals surface area contributed by atoms with Crippen molar-refractivity contribution in [1.29, 1.82) is 0 Å². The SMILES string of the molecule is CCN1CCN(c2ccc(/C(C)=N\NC(=O)c3ccncc3)cc2F)CC1. The quantitative estimate of drug-likeness (QED) is 0.650. The Hall–Kier alpha value is -2.80. The molecule has 0 spiro atoms. The van der Waals surface area contributed by atoms with Crippen LogP contribution in [0.3, 0.4) is 0 Å². The first-order valence-corrected chi connectivity index (χ1v) is 9.10. The van der Waals surface area contributed by atoms with E-state index >= 15 is 0 Å². The van der Waals surface area contributed by atoms with Crippen molar-refractivity contribution in [2.45, 2.75) is 13.8 Å². The number of carbonyl (C=O) groups is 1. The normalized spacial score (nSPS) is 15.7. The molecule has 0 atom stereocenters. The molecule has 2 heterocycles. The summed E-state index contributed by atoms with van der Waals surface area (Å²) in [5, 5.41) is 4.08. The number of anilines is 1. The van der Waals surface area contributed by atoms with Gasteiger partial charge in [-0.3, -0.25) is 9.78 Å².